The van der Waals surface area contributed by atoms with Crippen LogP contribution in [0.2, 0.25) is 0 Å². The molecule has 4 rings (SSSR count). The topological polar surface area (TPSA) is 0 Å². The third-order valence-electron chi connectivity index (χ3n) is 5.00. The average Bonchev–Trinajstić information content (AvgIpc) is 3.16. The van der Waals surface area contributed by atoms with Crippen molar-refractivity contribution < 1.29 is 26.2 Å². The van der Waals surface area contributed by atoms with E-state index in [0.29, 0.717) is 11.8 Å². The summed E-state index contributed by atoms with van der Waals surface area (Å²) < 4.78 is 0. The van der Waals surface area contributed by atoms with Gasteiger partial charge in [0.25, 0.3) is 0 Å². The van der Waals surface area contributed by atoms with Gasteiger partial charge in [0.15, 0.2) is 0 Å². The van der Waals surface area contributed by atoms with Crippen LogP contribution in [0.1, 0.15) is 36.8 Å². The van der Waals surface area contributed by atoms with Crippen LogP contribution in [0.5, 0.6) is 0 Å². The van der Waals surface area contributed by atoms with Crippen LogP contribution in [0.3, 0.4) is 0 Å². The maximum absolute atomic E-state index is 2.33. The minimum absolute atomic E-state index is 0. The second-order valence-electron chi connectivity index (χ2n) is 6.04. The van der Waals surface area contributed by atoms with Crippen molar-refractivity contribution >= 4 is 24.8 Å². The van der Waals surface area contributed by atoms with E-state index in [1.807, 2.05) is 0 Å². The maximum Gasteiger partial charge on any atom is 0.0167 e. The van der Waals surface area contributed by atoms with Gasteiger partial charge in [-0.25, -0.2) is 0 Å². The van der Waals surface area contributed by atoms with Gasteiger partial charge >= 0.3 is 0 Å². The fraction of sp³-hybridized carbons (Fsp3) is 0.238. The fourth-order valence-electron chi connectivity index (χ4n) is 4.08. The van der Waals surface area contributed by atoms with E-state index < -0.39 is 0 Å². The molecule has 124 valence electrons. The van der Waals surface area contributed by atoms with Gasteiger partial charge in [0.1, 0.15) is 0 Å². The summed E-state index contributed by atoms with van der Waals surface area (Å²) >= 11 is 0. The van der Waals surface area contributed by atoms with Crippen LogP contribution in [0.4, 0.5) is 0 Å². The SMILES string of the molecule is CCC(C1=CC=CC1)C1c2ccccc2-c2ccccc21.Cl.Cl.[Zr]. The van der Waals surface area contributed by atoms with Gasteiger partial charge in [0, 0.05) is 32.1 Å². The van der Waals surface area contributed by atoms with Gasteiger partial charge in [-0.1, -0.05) is 79.3 Å². The summed E-state index contributed by atoms with van der Waals surface area (Å²) in [6.07, 6.45) is 9.15. The van der Waals surface area contributed by atoms with Gasteiger partial charge in [0.05, 0.1) is 0 Å². The quantitative estimate of drug-likeness (QED) is 0.512. The summed E-state index contributed by atoms with van der Waals surface area (Å²) in [5.41, 5.74) is 7.48. The van der Waals surface area contributed by atoms with Crippen molar-refractivity contribution in [2.45, 2.75) is 25.7 Å². The Kier molecular flexibility index (Phi) is 8.20. The van der Waals surface area contributed by atoms with Crippen molar-refractivity contribution in [2.24, 2.45) is 5.92 Å². The van der Waals surface area contributed by atoms with E-state index in [-0.39, 0.29) is 51.0 Å². The second-order valence-corrected chi connectivity index (χ2v) is 6.04. The first-order valence-electron chi connectivity index (χ1n) is 7.94. The van der Waals surface area contributed by atoms with Crippen LogP contribution in [0.25, 0.3) is 11.1 Å². The fourth-order valence-corrected chi connectivity index (χ4v) is 4.08. The monoisotopic (exact) mass is 434 g/mol. The zero-order valence-corrected chi connectivity index (χ0v) is 17.8. The molecule has 24 heavy (non-hydrogen) atoms. The molecule has 0 amide bonds. The van der Waals surface area contributed by atoms with Gasteiger partial charge in [-0.3, -0.25) is 0 Å². The van der Waals surface area contributed by atoms with E-state index in [9.17, 15) is 0 Å². The van der Waals surface area contributed by atoms with Crippen molar-refractivity contribution in [2.75, 3.05) is 0 Å². The van der Waals surface area contributed by atoms with Crippen LogP contribution in [0.15, 0.2) is 72.3 Å². The summed E-state index contributed by atoms with van der Waals surface area (Å²) in [4.78, 5) is 0. The van der Waals surface area contributed by atoms with Crippen molar-refractivity contribution in [3.63, 3.8) is 0 Å². The first-order chi connectivity index (χ1) is 10.4. The Morgan fingerprint density at radius 2 is 1.46 bits per heavy atom. The Morgan fingerprint density at radius 3 is 1.92 bits per heavy atom. The molecule has 2 aliphatic rings. The predicted octanol–water partition coefficient (Wildman–Crippen LogP) is 6.55. The Balaban J connectivity index is 0.000000960. The van der Waals surface area contributed by atoms with E-state index in [2.05, 4.69) is 73.7 Å². The zero-order chi connectivity index (χ0) is 14.2. The number of fused-ring (bicyclic) bond motifs is 3. The van der Waals surface area contributed by atoms with Gasteiger partial charge < -0.3 is 0 Å². The van der Waals surface area contributed by atoms with Crippen molar-refractivity contribution in [3.05, 3.63) is 83.5 Å². The molecular formula is C21H22Cl2Zr. The molecule has 0 radical (unpaired) electrons. The van der Waals surface area contributed by atoms with E-state index in [4.69, 9.17) is 0 Å². The Hall–Kier alpha value is -0.617. The minimum atomic E-state index is 0. The molecule has 3 heteroatoms. The number of benzene rings is 2. The summed E-state index contributed by atoms with van der Waals surface area (Å²) in [6, 6.07) is 17.9. The van der Waals surface area contributed by atoms with Crippen molar-refractivity contribution in [1.82, 2.24) is 0 Å². The molecule has 0 spiro atoms. The summed E-state index contributed by atoms with van der Waals surface area (Å²) in [5.74, 6) is 1.14. The van der Waals surface area contributed by atoms with Crippen molar-refractivity contribution in [1.29, 1.82) is 0 Å². The normalized spacial score (nSPS) is 15.3. The van der Waals surface area contributed by atoms with Gasteiger partial charge in [-0.15, -0.1) is 24.8 Å². The number of rotatable bonds is 3. The average molecular weight is 437 g/mol. The minimum Gasteiger partial charge on any atom is -0.147 e. The van der Waals surface area contributed by atoms with E-state index in [1.54, 1.807) is 5.57 Å². The van der Waals surface area contributed by atoms with Crippen LogP contribution >= 0.6 is 24.8 Å². The van der Waals surface area contributed by atoms with Gasteiger partial charge in [0.2, 0.25) is 0 Å². The molecule has 0 bridgehead atoms. The molecule has 1 unspecified atom stereocenters. The summed E-state index contributed by atoms with van der Waals surface area (Å²) in [7, 11) is 0. The Bertz CT molecular complexity index is 704. The largest absolute Gasteiger partial charge is 0.147 e. The third kappa shape index (κ3) is 3.50. The third-order valence-corrected chi connectivity index (χ3v) is 5.00. The maximum atomic E-state index is 2.33. The molecule has 0 saturated carbocycles. The number of allylic oxidation sites excluding steroid dienone is 4. The molecule has 0 saturated heterocycles. The van der Waals surface area contributed by atoms with Crippen LogP contribution < -0.4 is 0 Å². The van der Waals surface area contributed by atoms with Crippen LogP contribution in [-0.4, -0.2) is 0 Å². The standard InChI is InChI=1S/C21H20.2ClH.Zr/c1-2-16(15-9-3-4-10-15)21-19-13-7-5-11-17(19)18-12-6-8-14-20(18)21;;;/h3-9,11-14,16,21H,2,10H2,1H3;2*1H;. The first-order valence-corrected chi connectivity index (χ1v) is 7.94. The molecule has 0 fully saturated rings. The molecule has 1 atom stereocenters. The molecule has 2 aliphatic carbocycles. The number of halogens is 2. The molecule has 0 N–H and O–H groups in total. The molecule has 0 heterocycles. The Morgan fingerprint density at radius 1 is 0.917 bits per heavy atom. The molecule has 2 aromatic carbocycles. The Labute approximate surface area is 176 Å². The molecule has 0 nitrogen and oxygen atoms in total. The first kappa shape index (κ1) is 21.4. The molecular weight excluding hydrogens is 414 g/mol. The van der Waals surface area contributed by atoms with Gasteiger partial charge in [-0.05, 0) is 41.0 Å². The molecule has 2 aromatic rings. The molecule has 0 aromatic heterocycles. The van der Waals surface area contributed by atoms with E-state index >= 15 is 0 Å². The van der Waals surface area contributed by atoms with Crippen LogP contribution in [-0.2, 0) is 26.2 Å². The van der Waals surface area contributed by atoms with E-state index in [0.717, 1.165) is 6.42 Å². The number of hydrogen-bond acceptors (Lipinski definition) is 0. The summed E-state index contributed by atoms with van der Waals surface area (Å²) in [6.45, 7) is 2.33. The smallest absolute Gasteiger partial charge is 0.0167 e. The number of hydrogen-bond donors (Lipinski definition) is 0. The zero-order valence-electron chi connectivity index (χ0n) is 13.7. The van der Waals surface area contributed by atoms with Crippen LogP contribution in [0, 0.1) is 5.92 Å². The predicted molar refractivity (Wildman–Crippen MR) is 104 cm³/mol. The van der Waals surface area contributed by atoms with Gasteiger partial charge in [-0.2, -0.15) is 0 Å². The van der Waals surface area contributed by atoms with Crippen molar-refractivity contribution in [3.8, 4) is 11.1 Å². The second kappa shape index (κ2) is 9.18. The summed E-state index contributed by atoms with van der Waals surface area (Å²) in [5, 5.41) is 0. The van der Waals surface area contributed by atoms with E-state index in [1.165, 1.54) is 28.7 Å². The molecule has 0 aliphatic heterocycles.